The fourth-order valence-electron chi connectivity index (χ4n) is 2.82. The third-order valence-corrected chi connectivity index (χ3v) is 5.09. The lowest BCUT2D eigenvalue weighted by atomic mass is 9.99. The maximum Gasteiger partial charge on any atom is 0.257 e. The van der Waals surface area contributed by atoms with Crippen LogP contribution in [0.15, 0.2) is 41.8 Å². The summed E-state index contributed by atoms with van der Waals surface area (Å²) < 4.78 is 5.61. The molecule has 2 aromatic carbocycles. The van der Waals surface area contributed by atoms with Crippen molar-refractivity contribution in [3.63, 3.8) is 0 Å². The van der Waals surface area contributed by atoms with Gasteiger partial charge in [-0.3, -0.25) is 10.1 Å². The van der Waals surface area contributed by atoms with E-state index in [0.717, 1.165) is 17.0 Å². The fourth-order valence-corrected chi connectivity index (χ4v) is 3.52. The van der Waals surface area contributed by atoms with Crippen LogP contribution in [0.3, 0.4) is 0 Å². The number of aryl methyl sites for hydroxylation is 3. The summed E-state index contributed by atoms with van der Waals surface area (Å²) in [6.45, 7) is 10.2. The Balaban J connectivity index is 1.74. The Morgan fingerprint density at radius 2 is 1.70 bits per heavy atom. The lowest BCUT2D eigenvalue weighted by molar-refractivity contribution is 0.102. The van der Waals surface area contributed by atoms with E-state index in [-0.39, 0.29) is 12.0 Å². The number of hydrogen-bond acceptors (Lipinski definition) is 4. The van der Waals surface area contributed by atoms with Crippen LogP contribution >= 0.6 is 11.3 Å². The van der Waals surface area contributed by atoms with Gasteiger partial charge in [-0.2, -0.15) is 0 Å². The van der Waals surface area contributed by atoms with Crippen molar-refractivity contribution >= 4 is 22.4 Å². The van der Waals surface area contributed by atoms with E-state index in [0.29, 0.717) is 10.7 Å². The highest BCUT2D eigenvalue weighted by Gasteiger charge is 2.12. The number of nitrogens with zero attached hydrogens (tertiary/aromatic N) is 1. The summed E-state index contributed by atoms with van der Waals surface area (Å²) >= 11 is 1.43. The van der Waals surface area contributed by atoms with Crippen molar-refractivity contribution in [1.82, 2.24) is 4.98 Å². The van der Waals surface area contributed by atoms with E-state index in [1.807, 2.05) is 19.2 Å². The third kappa shape index (κ3) is 4.55. The number of hydrogen-bond donors (Lipinski definition) is 1. The second-order valence-electron chi connectivity index (χ2n) is 6.93. The average molecular weight is 381 g/mol. The molecule has 0 saturated carbocycles. The van der Waals surface area contributed by atoms with Crippen LogP contribution in [0.1, 0.15) is 40.9 Å². The van der Waals surface area contributed by atoms with Crippen molar-refractivity contribution in [3.05, 3.63) is 64.0 Å². The molecular weight excluding hydrogens is 356 g/mol. The van der Waals surface area contributed by atoms with Crippen LogP contribution in [0.2, 0.25) is 0 Å². The predicted molar refractivity (Wildman–Crippen MR) is 112 cm³/mol. The second kappa shape index (κ2) is 7.92. The third-order valence-electron chi connectivity index (χ3n) is 4.33. The van der Waals surface area contributed by atoms with Gasteiger partial charge in [0.15, 0.2) is 5.13 Å². The van der Waals surface area contributed by atoms with Gasteiger partial charge in [0.1, 0.15) is 5.75 Å². The summed E-state index contributed by atoms with van der Waals surface area (Å²) in [6.07, 6.45) is 0.104. The van der Waals surface area contributed by atoms with Crippen LogP contribution in [0.5, 0.6) is 5.75 Å². The number of anilines is 1. The van der Waals surface area contributed by atoms with Gasteiger partial charge in [-0.15, -0.1) is 11.3 Å². The highest BCUT2D eigenvalue weighted by Crippen LogP contribution is 2.29. The molecule has 1 heterocycles. The van der Waals surface area contributed by atoms with Crippen molar-refractivity contribution < 1.29 is 9.53 Å². The Morgan fingerprint density at radius 3 is 2.37 bits per heavy atom. The van der Waals surface area contributed by atoms with E-state index in [2.05, 4.69) is 43.2 Å². The summed E-state index contributed by atoms with van der Waals surface area (Å²) in [5.41, 5.74) is 6.25. The number of amides is 1. The van der Waals surface area contributed by atoms with Gasteiger partial charge in [0.2, 0.25) is 0 Å². The normalized spacial score (nSPS) is 10.9. The van der Waals surface area contributed by atoms with E-state index in [1.54, 1.807) is 24.3 Å². The molecule has 3 aromatic rings. The first-order valence-corrected chi connectivity index (χ1v) is 9.83. The molecule has 0 unspecified atom stereocenters. The minimum atomic E-state index is -0.177. The van der Waals surface area contributed by atoms with Gasteiger partial charge in [-0.25, -0.2) is 4.98 Å². The zero-order chi connectivity index (χ0) is 19.6. The largest absolute Gasteiger partial charge is 0.491 e. The SMILES string of the molecule is Cc1cc(C)c(-c2csc(NC(=O)c3ccc(OC(C)C)cc3)n2)cc1C. The van der Waals surface area contributed by atoms with E-state index < -0.39 is 0 Å². The predicted octanol–water partition coefficient (Wildman–Crippen LogP) is 5.77. The van der Waals surface area contributed by atoms with Crippen molar-refractivity contribution in [1.29, 1.82) is 0 Å². The molecule has 0 fully saturated rings. The van der Waals surface area contributed by atoms with E-state index in [4.69, 9.17) is 4.74 Å². The fraction of sp³-hybridized carbons (Fsp3) is 0.273. The van der Waals surface area contributed by atoms with Crippen molar-refractivity contribution in [2.75, 3.05) is 5.32 Å². The number of carbonyl (C=O) groups is 1. The molecule has 27 heavy (non-hydrogen) atoms. The van der Waals surface area contributed by atoms with Crippen LogP contribution in [0.4, 0.5) is 5.13 Å². The van der Waals surface area contributed by atoms with E-state index in [1.165, 1.54) is 28.0 Å². The Kier molecular flexibility index (Phi) is 5.61. The van der Waals surface area contributed by atoms with Crippen molar-refractivity contribution in [2.45, 2.75) is 40.7 Å². The Morgan fingerprint density at radius 1 is 1.04 bits per heavy atom. The zero-order valence-corrected chi connectivity index (χ0v) is 17.1. The minimum absolute atomic E-state index is 0.104. The van der Waals surface area contributed by atoms with E-state index in [9.17, 15) is 4.79 Å². The molecule has 0 saturated heterocycles. The maximum atomic E-state index is 12.5. The van der Waals surface area contributed by atoms with E-state index >= 15 is 0 Å². The molecule has 1 amide bonds. The van der Waals surface area contributed by atoms with Crippen LogP contribution < -0.4 is 10.1 Å². The quantitative estimate of drug-likeness (QED) is 0.611. The molecule has 0 aliphatic carbocycles. The number of benzene rings is 2. The standard InChI is InChI=1S/C22H24N2O2S/c1-13(2)26-18-8-6-17(7-9-18)21(25)24-22-23-20(12-27-22)19-11-15(4)14(3)10-16(19)5/h6-13H,1-5H3,(H,23,24,25). The highest BCUT2D eigenvalue weighted by molar-refractivity contribution is 7.14. The minimum Gasteiger partial charge on any atom is -0.491 e. The monoisotopic (exact) mass is 380 g/mol. The molecule has 1 aromatic heterocycles. The number of aromatic nitrogens is 1. The molecule has 140 valence electrons. The molecule has 3 rings (SSSR count). The molecular formula is C22H24N2O2S. The van der Waals surface area contributed by atoms with Crippen LogP contribution in [0, 0.1) is 20.8 Å². The summed E-state index contributed by atoms with van der Waals surface area (Å²) in [5, 5.41) is 5.45. The molecule has 0 aliphatic heterocycles. The Labute approximate surface area is 164 Å². The maximum absolute atomic E-state index is 12.5. The van der Waals surface area contributed by atoms with Gasteiger partial charge in [-0.1, -0.05) is 6.07 Å². The van der Waals surface area contributed by atoms with Crippen molar-refractivity contribution in [2.24, 2.45) is 0 Å². The van der Waals surface area contributed by atoms with Gasteiger partial charge < -0.3 is 4.74 Å². The number of rotatable bonds is 5. The van der Waals surface area contributed by atoms with Crippen LogP contribution in [-0.4, -0.2) is 17.0 Å². The summed E-state index contributed by atoms with van der Waals surface area (Å²) in [7, 11) is 0. The van der Waals surface area contributed by atoms with Gasteiger partial charge >= 0.3 is 0 Å². The Hall–Kier alpha value is -2.66. The average Bonchev–Trinajstić information content (AvgIpc) is 3.06. The van der Waals surface area contributed by atoms with Gasteiger partial charge in [0, 0.05) is 16.5 Å². The lowest BCUT2D eigenvalue weighted by Crippen LogP contribution is -2.12. The molecule has 4 nitrogen and oxygen atoms in total. The molecule has 1 N–H and O–H groups in total. The molecule has 0 radical (unpaired) electrons. The van der Waals surface area contributed by atoms with Crippen LogP contribution in [0.25, 0.3) is 11.3 Å². The van der Waals surface area contributed by atoms with Gasteiger partial charge in [-0.05, 0) is 81.6 Å². The number of ether oxygens (including phenoxy) is 1. The summed E-state index contributed by atoms with van der Waals surface area (Å²) in [5.74, 6) is 0.576. The first-order valence-electron chi connectivity index (χ1n) is 8.95. The first kappa shape index (κ1) is 19.1. The zero-order valence-electron chi connectivity index (χ0n) is 16.3. The molecule has 5 heteroatoms. The summed E-state index contributed by atoms with van der Waals surface area (Å²) in [6, 6.07) is 11.5. The molecule has 0 bridgehead atoms. The topological polar surface area (TPSA) is 51.2 Å². The summed E-state index contributed by atoms with van der Waals surface area (Å²) in [4.78, 5) is 17.1. The van der Waals surface area contributed by atoms with Crippen molar-refractivity contribution in [3.8, 4) is 17.0 Å². The lowest BCUT2D eigenvalue weighted by Gasteiger charge is -2.10. The smallest absolute Gasteiger partial charge is 0.257 e. The molecule has 0 atom stereocenters. The van der Waals surface area contributed by atoms with Gasteiger partial charge in [0.05, 0.1) is 11.8 Å². The first-order chi connectivity index (χ1) is 12.8. The highest BCUT2D eigenvalue weighted by atomic mass is 32.1. The molecule has 0 aliphatic rings. The molecule has 0 spiro atoms. The number of nitrogens with one attached hydrogen (secondary N) is 1. The Bertz CT molecular complexity index is 959. The number of carbonyl (C=O) groups excluding carboxylic acids is 1. The van der Waals surface area contributed by atoms with Gasteiger partial charge in [0.25, 0.3) is 5.91 Å². The van der Waals surface area contributed by atoms with Crippen LogP contribution in [-0.2, 0) is 0 Å². The number of thiazole rings is 1. The second-order valence-corrected chi connectivity index (χ2v) is 7.79.